The van der Waals surface area contributed by atoms with E-state index >= 15 is 0 Å². The SMILES string of the molecule is CC(=O)OCc1ccc2c(c1)OCO2.O=C(/C=C/C=C/c1ccc2c(c1)OCO2)N1CCCCC1.O=Cc1ccc2c(c1)OCO2.O=c1c(O)c(-c2ccc(O)c(O)c2)oc2cc(O)cc(O)c12.O=c1c(O)c(-c2ccc(O)cc2)oc2cc(O)cc(O)c12. The minimum atomic E-state index is -0.888. The minimum absolute atomic E-state index is 0.0247. The third-order valence-electron chi connectivity index (χ3n) is 13.4. The van der Waals surface area contributed by atoms with E-state index < -0.39 is 39.6 Å². The number of rotatable bonds is 8. The summed E-state index contributed by atoms with van der Waals surface area (Å²) < 4.78 is 46.7. The summed E-state index contributed by atoms with van der Waals surface area (Å²) in [5, 5.41) is 85.8. The number of carbonyl (C=O) groups is 3. The lowest BCUT2D eigenvalue weighted by Gasteiger charge is -2.25. The second kappa shape index (κ2) is 27.8. The summed E-state index contributed by atoms with van der Waals surface area (Å²) in [4.78, 5) is 59.0. The van der Waals surface area contributed by atoms with Crippen LogP contribution in [0, 0.1) is 0 Å². The maximum Gasteiger partial charge on any atom is 0.302 e. The third kappa shape index (κ3) is 15.1. The van der Waals surface area contributed by atoms with Crippen LogP contribution in [0.25, 0.3) is 50.7 Å². The number of likely N-dealkylation sites (tertiary alicyclic amines) is 1. The highest BCUT2D eigenvalue weighted by Crippen LogP contribution is 2.40. The molecule has 0 saturated carbocycles. The molecule has 13 rings (SSSR count). The van der Waals surface area contributed by atoms with Crippen molar-refractivity contribution >= 4 is 46.2 Å². The normalized spacial score (nSPS) is 13.1. The van der Waals surface area contributed by atoms with E-state index in [1.54, 1.807) is 36.4 Å². The summed E-state index contributed by atoms with van der Waals surface area (Å²) in [5.74, 6) is -0.0632. The Kier molecular flexibility index (Phi) is 19.3. The van der Waals surface area contributed by atoms with Crippen molar-refractivity contribution in [1.82, 2.24) is 4.90 Å². The third-order valence-corrected chi connectivity index (χ3v) is 13.4. The van der Waals surface area contributed by atoms with Gasteiger partial charge in [-0.25, -0.2) is 0 Å². The fourth-order valence-electron chi connectivity index (χ4n) is 8.96. The molecule has 7 aromatic carbocycles. The molecule has 0 unspecified atom stereocenters. The van der Waals surface area contributed by atoms with E-state index in [0.29, 0.717) is 28.4 Å². The van der Waals surface area contributed by atoms with E-state index in [2.05, 4.69) is 0 Å². The van der Waals surface area contributed by atoms with Crippen LogP contribution in [0.5, 0.6) is 86.2 Å². The summed E-state index contributed by atoms with van der Waals surface area (Å²) in [6.45, 7) is 4.21. The molecule has 4 aliphatic rings. The van der Waals surface area contributed by atoms with Gasteiger partial charge in [0.05, 0.1) is 0 Å². The molecule has 6 heterocycles. The quantitative estimate of drug-likeness (QED) is 0.0224. The molecule has 0 bridgehead atoms. The number of benzene rings is 7. The summed E-state index contributed by atoms with van der Waals surface area (Å²) in [6.07, 6.45) is 11.5. The molecule has 89 heavy (non-hydrogen) atoms. The summed E-state index contributed by atoms with van der Waals surface area (Å²) in [7, 11) is 0. The Hall–Kier alpha value is -12.0. The molecule has 0 atom stereocenters. The molecule has 0 radical (unpaired) electrons. The number of hydrogen-bond donors (Lipinski definition) is 9. The lowest BCUT2D eigenvalue weighted by molar-refractivity contribution is -0.142. The van der Waals surface area contributed by atoms with Crippen molar-refractivity contribution < 1.29 is 102 Å². The van der Waals surface area contributed by atoms with Crippen LogP contribution in [-0.2, 0) is 20.9 Å². The van der Waals surface area contributed by atoms with E-state index in [0.717, 1.165) is 90.9 Å². The highest BCUT2D eigenvalue weighted by Gasteiger charge is 2.22. The Bertz CT molecular complexity index is 4290. The first-order chi connectivity index (χ1) is 42.8. The van der Waals surface area contributed by atoms with Crippen molar-refractivity contribution in [3.05, 3.63) is 177 Å². The first kappa shape index (κ1) is 61.6. The second-order valence-corrected chi connectivity index (χ2v) is 19.6. The molecular formula is C65H55NO23. The van der Waals surface area contributed by atoms with Gasteiger partial charge in [0.15, 0.2) is 57.5 Å². The van der Waals surface area contributed by atoms with E-state index in [-0.39, 0.29) is 101 Å². The summed E-state index contributed by atoms with van der Waals surface area (Å²) >= 11 is 0. The molecule has 24 heteroatoms. The number of aldehydes is 1. The number of aromatic hydroxyl groups is 9. The molecule has 24 nitrogen and oxygen atoms in total. The highest BCUT2D eigenvalue weighted by atomic mass is 16.7. The Morgan fingerprint density at radius 1 is 0.494 bits per heavy atom. The number of ether oxygens (including phenoxy) is 7. The van der Waals surface area contributed by atoms with E-state index in [9.17, 15) is 69.9 Å². The smallest absolute Gasteiger partial charge is 0.302 e. The summed E-state index contributed by atoms with van der Waals surface area (Å²) in [5.41, 5.74) is 1.13. The molecule has 1 amide bonds. The lowest BCUT2D eigenvalue weighted by Crippen LogP contribution is -2.34. The maximum absolute atomic E-state index is 12.1. The zero-order valence-corrected chi connectivity index (χ0v) is 47.0. The van der Waals surface area contributed by atoms with Crippen LogP contribution in [0.3, 0.4) is 0 Å². The number of allylic oxidation sites excluding steroid dienone is 2. The monoisotopic (exact) mass is 1220 g/mol. The van der Waals surface area contributed by atoms with E-state index in [1.165, 1.54) is 49.7 Å². The molecule has 458 valence electrons. The van der Waals surface area contributed by atoms with Crippen LogP contribution in [0.15, 0.2) is 158 Å². The van der Waals surface area contributed by atoms with Gasteiger partial charge in [-0.05, 0) is 115 Å². The van der Waals surface area contributed by atoms with Crippen molar-refractivity contribution in [2.75, 3.05) is 33.5 Å². The van der Waals surface area contributed by atoms with Gasteiger partial charge in [0.25, 0.3) is 0 Å². The van der Waals surface area contributed by atoms with Crippen molar-refractivity contribution in [2.45, 2.75) is 32.8 Å². The first-order valence-electron chi connectivity index (χ1n) is 27.0. The predicted molar refractivity (Wildman–Crippen MR) is 318 cm³/mol. The second-order valence-electron chi connectivity index (χ2n) is 19.6. The molecule has 1 saturated heterocycles. The number of piperidine rings is 1. The Morgan fingerprint density at radius 3 is 1.53 bits per heavy atom. The predicted octanol–water partition coefficient (Wildman–Crippen LogP) is 9.97. The Balaban J connectivity index is 0.000000135. The Labute approximate surface area is 503 Å². The van der Waals surface area contributed by atoms with E-state index in [1.807, 2.05) is 47.4 Å². The zero-order valence-electron chi connectivity index (χ0n) is 47.0. The van der Waals surface area contributed by atoms with Gasteiger partial charge in [0.2, 0.25) is 48.6 Å². The summed E-state index contributed by atoms with van der Waals surface area (Å²) in [6, 6.07) is 29.8. The fraction of sp³-hybridized carbons (Fsp3) is 0.154. The number of fused-ring (bicyclic) bond motifs is 5. The van der Waals surface area contributed by atoms with Gasteiger partial charge in [0.1, 0.15) is 63.6 Å². The molecule has 9 N–H and O–H groups in total. The molecule has 0 aliphatic carbocycles. The molecule has 2 aromatic heterocycles. The molecule has 1 fully saturated rings. The minimum Gasteiger partial charge on any atom is -0.508 e. The highest BCUT2D eigenvalue weighted by molar-refractivity contribution is 5.90. The number of phenolic OH excluding ortho intramolecular Hbond substituents is 7. The maximum atomic E-state index is 12.1. The van der Waals surface area contributed by atoms with Gasteiger partial charge in [-0.15, -0.1) is 0 Å². The van der Waals surface area contributed by atoms with Crippen LogP contribution >= 0.6 is 0 Å². The van der Waals surface area contributed by atoms with Crippen molar-refractivity contribution in [3.63, 3.8) is 0 Å². The number of nitrogens with zero attached hydrogens (tertiary/aromatic N) is 1. The lowest BCUT2D eigenvalue weighted by atomic mass is 10.1. The molecule has 0 spiro atoms. The first-order valence-corrected chi connectivity index (χ1v) is 27.0. The number of esters is 1. The van der Waals surface area contributed by atoms with Gasteiger partial charge in [-0.2, -0.15) is 0 Å². The largest absolute Gasteiger partial charge is 0.508 e. The average molecular weight is 1220 g/mol. The van der Waals surface area contributed by atoms with Gasteiger partial charge in [0, 0.05) is 67.0 Å². The van der Waals surface area contributed by atoms with Crippen LogP contribution in [0.2, 0.25) is 0 Å². The standard InChI is InChI=1S/C17H19NO3.C15H10O7.C15H10O6.C10H10O4.C8H6O3/c19-17(18-10-4-1-5-11-18)7-3-2-6-14-8-9-15-16(12-14)21-13-20-15;16-7-4-10(19)12-11(5-7)22-15(14(21)13(12)20)6-1-2-8(17)9(18)3-6;16-8-3-1-7(2-4-8)15-14(20)13(19)12-10(18)5-9(17)6-11(12)21-15;1-7(11)12-5-8-2-3-9-10(4-8)14-6-13-9;9-4-6-1-2-7-8(3-6)11-5-10-7/h2-3,6-9,12H,1,4-5,10-11,13H2;1-5,16-19,21H;1-6,16-18,20H;2-4H,5-6H2,1H3;1-4H,5H2/b6-2+,7-3+;;;;. The fourth-order valence-corrected chi connectivity index (χ4v) is 8.96. The van der Waals surface area contributed by atoms with Crippen molar-refractivity contribution in [2.24, 2.45) is 0 Å². The van der Waals surface area contributed by atoms with Crippen LogP contribution in [0.4, 0.5) is 0 Å². The van der Waals surface area contributed by atoms with Gasteiger partial charge >= 0.3 is 5.97 Å². The zero-order chi connectivity index (χ0) is 63.3. The molecular weight excluding hydrogens is 1160 g/mol. The van der Waals surface area contributed by atoms with E-state index in [4.69, 9.17) is 42.0 Å². The molecule has 4 aliphatic heterocycles. The number of amides is 1. The van der Waals surface area contributed by atoms with Crippen LogP contribution in [-0.4, -0.2) is 102 Å². The van der Waals surface area contributed by atoms with Gasteiger partial charge < -0.3 is 92.9 Å². The van der Waals surface area contributed by atoms with Gasteiger partial charge in [-0.3, -0.25) is 24.0 Å². The number of carbonyl (C=O) groups excluding carboxylic acids is 3. The Morgan fingerprint density at radius 2 is 0.989 bits per heavy atom. The molecule has 9 aromatic rings. The average Bonchev–Trinajstić information content (AvgIpc) is 2.04. The van der Waals surface area contributed by atoms with Gasteiger partial charge in [-0.1, -0.05) is 30.4 Å². The number of hydrogen-bond acceptors (Lipinski definition) is 23. The number of phenols is 7. The van der Waals surface area contributed by atoms with Crippen molar-refractivity contribution in [1.29, 1.82) is 0 Å². The van der Waals surface area contributed by atoms with Crippen LogP contribution < -0.4 is 39.3 Å². The van der Waals surface area contributed by atoms with Crippen LogP contribution in [0.1, 0.15) is 47.7 Å². The topological polar surface area (TPSA) is 362 Å². The van der Waals surface area contributed by atoms with Crippen molar-refractivity contribution in [3.8, 4) is 109 Å².